The molecule has 0 saturated carbocycles. The molecular formula is C7H14N4O. The molecule has 0 amide bonds. The predicted octanol–water partition coefficient (Wildman–Crippen LogP) is 0.163. The topological polar surface area (TPSA) is 68.2 Å². The Bertz CT molecular complexity index is 235. The first-order valence-electron chi connectivity index (χ1n) is 4.03. The Morgan fingerprint density at radius 1 is 1.58 bits per heavy atom. The predicted molar refractivity (Wildman–Crippen MR) is 46.0 cm³/mol. The third kappa shape index (κ3) is 1.94. The lowest BCUT2D eigenvalue weighted by Crippen LogP contribution is -2.29. The van der Waals surface area contributed by atoms with Gasteiger partial charge in [-0.15, -0.1) is 0 Å². The van der Waals surface area contributed by atoms with Gasteiger partial charge in [0.1, 0.15) is 0 Å². The van der Waals surface area contributed by atoms with Crippen molar-refractivity contribution >= 4 is 6.01 Å². The van der Waals surface area contributed by atoms with Crippen molar-refractivity contribution in [2.45, 2.75) is 13.8 Å². The Balaban J connectivity index is 2.66. The molecule has 1 heterocycles. The molecule has 2 N–H and O–H groups in total. The maximum atomic E-state index is 5.42. The van der Waals surface area contributed by atoms with E-state index in [0.717, 1.165) is 13.1 Å². The van der Waals surface area contributed by atoms with Gasteiger partial charge >= 0.3 is 6.01 Å². The molecule has 1 aromatic heterocycles. The second-order valence-corrected chi connectivity index (χ2v) is 2.49. The van der Waals surface area contributed by atoms with E-state index < -0.39 is 0 Å². The summed E-state index contributed by atoms with van der Waals surface area (Å²) in [5.41, 5.74) is 5.42. The van der Waals surface area contributed by atoms with Crippen LogP contribution in [0.4, 0.5) is 6.01 Å². The average Bonchev–Trinajstić information content (AvgIpc) is 2.47. The summed E-state index contributed by atoms with van der Waals surface area (Å²) in [6.45, 7) is 5.99. The van der Waals surface area contributed by atoms with Gasteiger partial charge in [-0.25, -0.2) is 0 Å². The van der Waals surface area contributed by atoms with E-state index in [1.807, 2.05) is 11.8 Å². The molecular weight excluding hydrogens is 156 g/mol. The first-order chi connectivity index (χ1) is 5.77. The summed E-state index contributed by atoms with van der Waals surface area (Å²) < 4.78 is 4.98. The third-order valence-electron chi connectivity index (χ3n) is 1.57. The SMILES string of the molecule is CCN(CCN)c1nc(C)no1. The van der Waals surface area contributed by atoms with Crippen LogP contribution in [-0.4, -0.2) is 29.8 Å². The standard InChI is InChI=1S/C7H14N4O/c1-3-11(5-4-8)7-9-6(2)10-12-7/h3-5,8H2,1-2H3. The zero-order valence-corrected chi connectivity index (χ0v) is 7.45. The molecule has 0 unspecified atom stereocenters. The first kappa shape index (κ1) is 8.99. The number of rotatable bonds is 4. The molecule has 0 bridgehead atoms. The molecule has 0 aromatic carbocycles. The fourth-order valence-corrected chi connectivity index (χ4v) is 0.959. The highest BCUT2D eigenvalue weighted by Crippen LogP contribution is 2.08. The van der Waals surface area contributed by atoms with Crippen LogP contribution in [0.3, 0.4) is 0 Å². The quantitative estimate of drug-likeness (QED) is 0.697. The van der Waals surface area contributed by atoms with Crippen molar-refractivity contribution in [1.29, 1.82) is 0 Å². The Labute approximate surface area is 71.5 Å². The first-order valence-corrected chi connectivity index (χ1v) is 4.03. The number of anilines is 1. The van der Waals surface area contributed by atoms with E-state index in [4.69, 9.17) is 10.3 Å². The molecule has 0 radical (unpaired) electrons. The van der Waals surface area contributed by atoms with E-state index in [0.29, 0.717) is 18.4 Å². The second-order valence-electron chi connectivity index (χ2n) is 2.49. The van der Waals surface area contributed by atoms with Crippen molar-refractivity contribution in [1.82, 2.24) is 10.1 Å². The van der Waals surface area contributed by atoms with Gasteiger partial charge in [0.05, 0.1) is 0 Å². The van der Waals surface area contributed by atoms with Gasteiger partial charge < -0.3 is 15.2 Å². The lowest BCUT2D eigenvalue weighted by atomic mass is 10.5. The molecule has 0 spiro atoms. The third-order valence-corrected chi connectivity index (χ3v) is 1.57. The van der Waals surface area contributed by atoms with E-state index in [2.05, 4.69) is 10.1 Å². The highest BCUT2D eigenvalue weighted by molar-refractivity contribution is 5.23. The monoisotopic (exact) mass is 170 g/mol. The number of nitrogens with zero attached hydrogens (tertiary/aromatic N) is 3. The van der Waals surface area contributed by atoms with Crippen LogP contribution in [0.5, 0.6) is 0 Å². The summed E-state index contributed by atoms with van der Waals surface area (Å²) in [5.74, 6) is 0.653. The van der Waals surface area contributed by atoms with Crippen LogP contribution in [0.2, 0.25) is 0 Å². The van der Waals surface area contributed by atoms with Crippen molar-refractivity contribution in [3.63, 3.8) is 0 Å². The minimum absolute atomic E-state index is 0.556. The molecule has 0 saturated heterocycles. The largest absolute Gasteiger partial charge is 0.329 e. The van der Waals surface area contributed by atoms with Crippen LogP contribution in [0.15, 0.2) is 4.52 Å². The van der Waals surface area contributed by atoms with E-state index in [9.17, 15) is 0 Å². The van der Waals surface area contributed by atoms with Crippen molar-refractivity contribution in [3.05, 3.63) is 5.82 Å². The normalized spacial score (nSPS) is 10.2. The smallest absolute Gasteiger partial charge is 0.324 e. The molecule has 0 aliphatic heterocycles. The van der Waals surface area contributed by atoms with Crippen LogP contribution in [-0.2, 0) is 0 Å². The maximum Gasteiger partial charge on any atom is 0.324 e. The molecule has 0 atom stereocenters. The number of aromatic nitrogens is 2. The van der Waals surface area contributed by atoms with Crippen LogP contribution >= 0.6 is 0 Å². The summed E-state index contributed by atoms with van der Waals surface area (Å²) in [5, 5.41) is 3.70. The molecule has 5 nitrogen and oxygen atoms in total. The van der Waals surface area contributed by atoms with Crippen LogP contribution in [0.1, 0.15) is 12.7 Å². The summed E-state index contributed by atoms with van der Waals surface area (Å²) in [7, 11) is 0. The molecule has 12 heavy (non-hydrogen) atoms. The van der Waals surface area contributed by atoms with E-state index in [-0.39, 0.29) is 0 Å². The lowest BCUT2D eigenvalue weighted by molar-refractivity contribution is 0.410. The molecule has 68 valence electrons. The zero-order chi connectivity index (χ0) is 8.97. The number of hydrogen-bond acceptors (Lipinski definition) is 5. The molecule has 1 rings (SSSR count). The Kier molecular flexibility index (Phi) is 3.04. The molecule has 1 aromatic rings. The number of hydrogen-bond donors (Lipinski definition) is 1. The summed E-state index contributed by atoms with van der Waals surface area (Å²) in [6.07, 6.45) is 0. The summed E-state index contributed by atoms with van der Waals surface area (Å²) >= 11 is 0. The Morgan fingerprint density at radius 3 is 2.75 bits per heavy atom. The van der Waals surface area contributed by atoms with E-state index >= 15 is 0 Å². The van der Waals surface area contributed by atoms with Crippen molar-refractivity contribution in [2.75, 3.05) is 24.5 Å². The van der Waals surface area contributed by atoms with Gasteiger partial charge in [0.25, 0.3) is 0 Å². The van der Waals surface area contributed by atoms with Crippen LogP contribution in [0, 0.1) is 6.92 Å². The van der Waals surface area contributed by atoms with Crippen LogP contribution < -0.4 is 10.6 Å². The highest BCUT2D eigenvalue weighted by atomic mass is 16.5. The molecule has 0 fully saturated rings. The van der Waals surface area contributed by atoms with E-state index in [1.165, 1.54) is 0 Å². The summed E-state index contributed by atoms with van der Waals surface area (Å²) in [6, 6.07) is 0.556. The number of nitrogens with two attached hydrogens (primary N) is 1. The molecule has 5 heteroatoms. The van der Waals surface area contributed by atoms with Gasteiger partial charge in [0.2, 0.25) is 0 Å². The van der Waals surface area contributed by atoms with Crippen molar-refractivity contribution in [3.8, 4) is 0 Å². The van der Waals surface area contributed by atoms with Gasteiger partial charge in [-0.1, -0.05) is 5.16 Å². The van der Waals surface area contributed by atoms with Crippen molar-refractivity contribution < 1.29 is 4.52 Å². The Hall–Kier alpha value is -1.10. The maximum absolute atomic E-state index is 5.42. The zero-order valence-electron chi connectivity index (χ0n) is 7.45. The second kappa shape index (κ2) is 4.06. The average molecular weight is 170 g/mol. The summed E-state index contributed by atoms with van der Waals surface area (Å²) in [4.78, 5) is 6.04. The van der Waals surface area contributed by atoms with Crippen molar-refractivity contribution in [2.24, 2.45) is 5.73 Å². The van der Waals surface area contributed by atoms with Gasteiger partial charge in [-0.05, 0) is 13.8 Å². The minimum atomic E-state index is 0.556. The van der Waals surface area contributed by atoms with Gasteiger partial charge in [-0.2, -0.15) is 4.98 Å². The lowest BCUT2D eigenvalue weighted by Gasteiger charge is -2.15. The Morgan fingerprint density at radius 2 is 2.33 bits per heavy atom. The van der Waals surface area contributed by atoms with Crippen LogP contribution in [0.25, 0.3) is 0 Å². The van der Waals surface area contributed by atoms with E-state index in [1.54, 1.807) is 6.92 Å². The minimum Gasteiger partial charge on any atom is -0.329 e. The number of likely N-dealkylation sites (N-methyl/N-ethyl adjacent to an activating group) is 1. The molecule has 0 aliphatic rings. The fourth-order valence-electron chi connectivity index (χ4n) is 0.959. The fraction of sp³-hybridized carbons (Fsp3) is 0.714. The van der Waals surface area contributed by atoms with Gasteiger partial charge in [-0.3, -0.25) is 0 Å². The van der Waals surface area contributed by atoms with Gasteiger partial charge in [0, 0.05) is 19.6 Å². The van der Waals surface area contributed by atoms with Gasteiger partial charge in [0.15, 0.2) is 5.82 Å². The highest BCUT2D eigenvalue weighted by Gasteiger charge is 2.09. The number of aryl methyl sites for hydroxylation is 1. The molecule has 0 aliphatic carbocycles.